The average Bonchev–Trinajstić information content (AvgIpc) is 3.52. The fraction of sp³-hybridized carbons (Fsp3) is 0.182. The number of hydrogen-bond acceptors (Lipinski definition) is 7. The number of amides is 1. The molecule has 0 spiro atoms. The van der Waals surface area contributed by atoms with Gasteiger partial charge >= 0.3 is 0 Å². The van der Waals surface area contributed by atoms with Crippen LogP contribution in [0.3, 0.4) is 0 Å². The van der Waals surface area contributed by atoms with Crippen LogP contribution in [-0.2, 0) is 4.79 Å². The van der Waals surface area contributed by atoms with Crippen molar-refractivity contribution in [3.05, 3.63) is 77.3 Å². The van der Waals surface area contributed by atoms with Gasteiger partial charge in [-0.2, -0.15) is 5.10 Å². The van der Waals surface area contributed by atoms with Gasteiger partial charge in [-0.15, -0.1) is 11.3 Å². The van der Waals surface area contributed by atoms with Gasteiger partial charge in [-0.3, -0.25) is 4.79 Å². The summed E-state index contributed by atoms with van der Waals surface area (Å²) in [4.78, 5) is 22.2. The first-order valence-electron chi connectivity index (χ1n) is 9.50. The monoisotopic (exact) mass is 418 g/mol. The fourth-order valence-electron chi connectivity index (χ4n) is 3.44. The van der Waals surface area contributed by atoms with Crippen LogP contribution in [-0.4, -0.2) is 33.2 Å². The van der Waals surface area contributed by atoms with Crippen molar-refractivity contribution in [1.82, 2.24) is 15.0 Å². The fourth-order valence-corrected chi connectivity index (χ4v) is 4.17. The molecule has 0 bridgehead atoms. The first-order valence-corrected chi connectivity index (χ1v) is 10.4. The van der Waals surface area contributed by atoms with Crippen LogP contribution < -0.4 is 4.74 Å². The molecule has 30 heavy (non-hydrogen) atoms. The average molecular weight is 418 g/mol. The summed E-state index contributed by atoms with van der Waals surface area (Å²) in [5.74, 6) is 0.822. The summed E-state index contributed by atoms with van der Waals surface area (Å²) in [7, 11) is 0. The van der Waals surface area contributed by atoms with Crippen LogP contribution in [0.1, 0.15) is 29.3 Å². The van der Waals surface area contributed by atoms with Gasteiger partial charge in [0, 0.05) is 6.42 Å². The third kappa shape index (κ3) is 3.46. The van der Waals surface area contributed by atoms with Crippen LogP contribution in [0.15, 0.2) is 70.0 Å². The Labute approximate surface area is 176 Å². The third-order valence-electron chi connectivity index (χ3n) is 4.98. The summed E-state index contributed by atoms with van der Waals surface area (Å²) in [6, 6.07) is 13.4. The van der Waals surface area contributed by atoms with Crippen molar-refractivity contribution in [2.24, 2.45) is 5.10 Å². The third-order valence-corrected chi connectivity index (χ3v) is 5.80. The number of thiophene rings is 1. The molecule has 4 heterocycles. The molecule has 3 aromatic heterocycles. The van der Waals surface area contributed by atoms with Crippen molar-refractivity contribution in [1.29, 1.82) is 0 Å². The number of carbonyl (C=O) groups is 1. The zero-order valence-electron chi connectivity index (χ0n) is 16.2. The summed E-state index contributed by atoms with van der Waals surface area (Å²) in [6.07, 6.45) is 3.62. The molecule has 1 aromatic carbocycles. The Morgan fingerprint density at radius 1 is 1.23 bits per heavy atom. The van der Waals surface area contributed by atoms with E-state index in [1.54, 1.807) is 6.26 Å². The molecule has 8 heteroatoms. The molecule has 1 aliphatic rings. The van der Waals surface area contributed by atoms with Gasteiger partial charge in [0.25, 0.3) is 5.91 Å². The molecule has 0 saturated carbocycles. The highest BCUT2D eigenvalue weighted by Crippen LogP contribution is 2.33. The lowest BCUT2D eigenvalue weighted by Gasteiger charge is -2.19. The van der Waals surface area contributed by atoms with Gasteiger partial charge in [-0.25, -0.2) is 15.0 Å². The Morgan fingerprint density at radius 3 is 2.90 bits per heavy atom. The maximum atomic E-state index is 13.0. The van der Waals surface area contributed by atoms with Gasteiger partial charge < -0.3 is 9.15 Å². The van der Waals surface area contributed by atoms with Crippen molar-refractivity contribution < 1.29 is 13.9 Å². The van der Waals surface area contributed by atoms with Gasteiger partial charge in [0.15, 0.2) is 6.61 Å². The molecule has 150 valence electrons. The Balaban J connectivity index is 1.39. The van der Waals surface area contributed by atoms with Gasteiger partial charge in [0.1, 0.15) is 23.0 Å². The standard InChI is InChI=1S/C22H18N4O3S/c1-14-4-6-15(7-5-14)17-11-18(19-3-2-9-28-19)26(25-17)20(27)12-29-21-16-8-10-30-22(16)24-13-23-21/h2-10,13,18H,11-12H2,1H3/t18-/m0/s1. The maximum absolute atomic E-state index is 13.0. The Hall–Kier alpha value is -3.52. The van der Waals surface area contributed by atoms with Crippen molar-refractivity contribution in [3.8, 4) is 5.88 Å². The normalized spacial score (nSPS) is 16.1. The second-order valence-electron chi connectivity index (χ2n) is 6.99. The summed E-state index contributed by atoms with van der Waals surface area (Å²) in [5, 5.41) is 8.79. The van der Waals surface area contributed by atoms with Crippen molar-refractivity contribution in [2.75, 3.05) is 6.61 Å². The lowest BCUT2D eigenvalue weighted by Crippen LogP contribution is -2.31. The minimum absolute atomic E-state index is 0.177. The molecule has 1 atom stereocenters. The van der Waals surface area contributed by atoms with E-state index < -0.39 is 0 Å². The van der Waals surface area contributed by atoms with Gasteiger partial charge in [0.05, 0.1) is 17.4 Å². The predicted octanol–water partition coefficient (Wildman–Crippen LogP) is 4.35. The molecule has 0 unspecified atom stereocenters. The van der Waals surface area contributed by atoms with E-state index in [0.29, 0.717) is 18.1 Å². The number of fused-ring (bicyclic) bond motifs is 1. The number of furan rings is 1. The lowest BCUT2D eigenvalue weighted by atomic mass is 10.0. The van der Waals surface area contributed by atoms with Crippen LogP contribution in [0.25, 0.3) is 10.2 Å². The largest absolute Gasteiger partial charge is 0.467 e. The molecule has 1 aliphatic heterocycles. The molecule has 0 N–H and O–H groups in total. The number of aryl methyl sites for hydroxylation is 1. The maximum Gasteiger partial charge on any atom is 0.281 e. The number of carbonyl (C=O) groups excluding carboxylic acids is 1. The number of nitrogens with zero attached hydrogens (tertiary/aromatic N) is 4. The second kappa shape index (κ2) is 7.72. The Bertz CT molecular complexity index is 1210. The highest BCUT2D eigenvalue weighted by Gasteiger charge is 2.35. The summed E-state index contributed by atoms with van der Waals surface area (Å²) >= 11 is 1.50. The Kier molecular flexibility index (Phi) is 4.76. The molecule has 0 radical (unpaired) electrons. The van der Waals surface area contributed by atoms with E-state index in [2.05, 4.69) is 15.1 Å². The summed E-state index contributed by atoms with van der Waals surface area (Å²) < 4.78 is 11.3. The molecular weight excluding hydrogens is 400 g/mol. The van der Waals surface area contributed by atoms with E-state index in [9.17, 15) is 4.79 Å². The zero-order chi connectivity index (χ0) is 20.5. The topological polar surface area (TPSA) is 80.8 Å². The van der Waals surface area contributed by atoms with E-state index in [4.69, 9.17) is 9.15 Å². The number of rotatable bonds is 5. The van der Waals surface area contributed by atoms with E-state index in [-0.39, 0.29) is 18.6 Å². The van der Waals surface area contributed by atoms with Crippen molar-refractivity contribution in [2.45, 2.75) is 19.4 Å². The minimum Gasteiger partial charge on any atom is -0.467 e. The quantitative estimate of drug-likeness (QED) is 0.481. The first-order chi connectivity index (χ1) is 14.7. The highest BCUT2D eigenvalue weighted by molar-refractivity contribution is 7.16. The smallest absolute Gasteiger partial charge is 0.281 e. The number of benzene rings is 1. The summed E-state index contributed by atoms with van der Waals surface area (Å²) in [5.41, 5.74) is 3.00. The lowest BCUT2D eigenvalue weighted by molar-refractivity contribution is -0.135. The van der Waals surface area contributed by atoms with Crippen molar-refractivity contribution in [3.63, 3.8) is 0 Å². The van der Waals surface area contributed by atoms with Gasteiger partial charge in [-0.05, 0) is 36.1 Å². The molecule has 0 saturated heterocycles. The first kappa shape index (κ1) is 18.5. The van der Waals surface area contributed by atoms with Crippen LogP contribution in [0, 0.1) is 6.92 Å². The molecule has 0 aliphatic carbocycles. The van der Waals surface area contributed by atoms with Crippen LogP contribution >= 0.6 is 11.3 Å². The van der Waals surface area contributed by atoms with Crippen molar-refractivity contribution >= 4 is 33.2 Å². The molecule has 1 amide bonds. The number of hydrogen-bond donors (Lipinski definition) is 0. The molecule has 0 fully saturated rings. The molecule has 5 rings (SSSR count). The Morgan fingerprint density at radius 2 is 2.10 bits per heavy atom. The second-order valence-corrected chi connectivity index (χ2v) is 7.89. The van der Waals surface area contributed by atoms with Crippen LogP contribution in [0.5, 0.6) is 5.88 Å². The van der Waals surface area contributed by atoms with Crippen LogP contribution in [0.4, 0.5) is 0 Å². The summed E-state index contributed by atoms with van der Waals surface area (Å²) in [6.45, 7) is 1.86. The van der Waals surface area contributed by atoms with Crippen LogP contribution in [0.2, 0.25) is 0 Å². The van der Waals surface area contributed by atoms with E-state index in [1.807, 2.05) is 54.8 Å². The van der Waals surface area contributed by atoms with E-state index >= 15 is 0 Å². The predicted molar refractivity (Wildman–Crippen MR) is 114 cm³/mol. The van der Waals surface area contributed by atoms with E-state index in [0.717, 1.165) is 21.5 Å². The SMILES string of the molecule is Cc1ccc(C2=NN(C(=O)COc3ncnc4sccc34)[C@H](c3ccco3)C2)cc1. The number of hydrazone groups is 1. The zero-order valence-corrected chi connectivity index (χ0v) is 17.0. The highest BCUT2D eigenvalue weighted by atomic mass is 32.1. The minimum atomic E-state index is -0.307. The molecule has 7 nitrogen and oxygen atoms in total. The number of ether oxygens (including phenoxy) is 1. The number of aromatic nitrogens is 2. The van der Waals surface area contributed by atoms with Gasteiger partial charge in [-0.1, -0.05) is 29.8 Å². The van der Waals surface area contributed by atoms with E-state index in [1.165, 1.54) is 28.2 Å². The molecule has 4 aromatic rings. The molecular formula is C22H18N4O3S. The van der Waals surface area contributed by atoms with Gasteiger partial charge in [0.2, 0.25) is 5.88 Å².